The Balaban J connectivity index is 2.40. The number of phenolic OH excluding ortho intramolecular Hbond substituents is 1. The van der Waals surface area contributed by atoms with E-state index in [0.717, 1.165) is 19.3 Å². The van der Waals surface area contributed by atoms with Gasteiger partial charge in [-0.3, -0.25) is 4.79 Å². The fourth-order valence-electron chi connectivity index (χ4n) is 1.14. The predicted molar refractivity (Wildman–Crippen MR) is 63.6 cm³/mol. The molecule has 0 aliphatic heterocycles. The number of rotatable bonds is 5. The summed E-state index contributed by atoms with van der Waals surface area (Å²) in [7, 11) is 0. The Kier molecular flexibility index (Phi) is 5.05. The van der Waals surface area contributed by atoms with E-state index in [2.05, 4.69) is 17.5 Å². The molecule has 1 amide bonds. The molecule has 2 N–H and O–H groups in total. The van der Waals surface area contributed by atoms with Crippen molar-refractivity contribution in [3.05, 3.63) is 29.8 Å². The normalized spacial score (nSPS) is 10.6. The first-order chi connectivity index (χ1) is 7.74. The molecule has 4 nitrogen and oxygen atoms in total. The van der Waals surface area contributed by atoms with Gasteiger partial charge in [-0.05, 0) is 37.1 Å². The van der Waals surface area contributed by atoms with E-state index >= 15 is 0 Å². The zero-order valence-corrected chi connectivity index (χ0v) is 9.31. The zero-order chi connectivity index (χ0) is 11.8. The number of unbranched alkanes of at least 4 members (excludes halogenated alkanes) is 2. The monoisotopic (exact) mass is 220 g/mol. The van der Waals surface area contributed by atoms with Crippen molar-refractivity contribution >= 4 is 12.1 Å². The zero-order valence-electron chi connectivity index (χ0n) is 9.31. The van der Waals surface area contributed by atoms with Crippen molar-refractivity contribution < 1.29 is 9.90 Å². The third kappa shape index (κ3) is 4.13. The maximum atomic E-state index is 11.5. The van der Waals surface area contributed by atoms with Crippen molar-refractivity contribution in [3.8, 4) is 5.75 Å². The second kappa shape index (κ2) is 6.61. The maximum Gasteiger partial charge on any atom is 0.271 e. The van der Waals surface area contributed by atoms with Gasteiger partial charge in [-0.2, -0.15) is 5.10 Å². The smallest absolute Gasteiger partial charge is 0.271 e. The largest absolute Gasteiger partial charge is 0.508 e. The molecule has 0 saturated carbocycles. The topological polar surface area (TPSA) is 61.7 Å². The quantitative estimate of drug-likeness (QED) is 0.454. The Labute approximate surface area is 95.0 Å². The van der Waals surface area contributed by atoms with Crippen molar-refractivity contribution in [2.24, 2.45) is 5.10 Å². The lowest BCUT2D eigenvalue weighted by Gasteiger charge is -1.99. The molecule has 0 fully saturated rings. The van der Waals surface area contributed by atoms with E-state index in [-0.39, 0.29) is 11.7 Å². The van der Waals surface area contributed by atoms with Crippen LogP contribution in [0, 0.1) is 0 Å². The van der Waals surface area contributed by atoms with Gasteiger partial charge < -0.3 is 5.11 Å². The van der Waals surface area contributed by atoms with Gasteiger partial charge in [-0.1, -0.05) is 13.3 Å². The molecule has 0 atom stereocenters. The van der Waals surface area contributed by atoms with Crippen molar-refractivity contribution in [2.45, 2.75) is 26.2 Å². The number of benzene rings is 1. The Bertz CT molecular complexity index is 358. The molecule has 16 heavy (non-hydrogen) atoms. The van der Waals surface area contributed by atoms with Crippen LogP contribution >= 0.6 is 0 Å². The van der Waals surface area contributed by atoms with Crippen LogP contribution < -0.4 is 5.43 Å². The first-order valence-electron chi connectivity index (χ1n) is 5.35. The SMILES string of the molecule is CCCCC=NNC(=O)c1ccc(O)cc1. The molecule has 0 aliphatic carbocycles. The number of carbonyl (C=O) groups excluding carboxylic acids is 1. The van der Waals surface area contributed by atoms with E-state index in [0.29, 0.717) is 5.56 Å². The summed E-state index contributed by atoms with van der Waals surface area (Å²) in [5, 5.41) is 12.9. The Hall–Kier alpha value is -1.84. The highest BCUT2D eigenvalue weighted by molar-refractivity contribution is 5.94. The molecule has 0 saturated heterocycles. The molecular formula is C12H16N2O2. The third-order valence-corrected chi connectivity index (χ3v) is 2.07. The van der Waals surface area contributed by atoms with E-state index in [1.807, 2.05) is 0 Å². The maximum absolute atomic E-state index is 11.5. The van der Waals surface area contributed by atoms with Gasteiger partial charge in [0, 0.05) is 11.8 Å². The predicted octanol–water partition coefficient (Wildman–Crippen LogP) is 2.30. The second-order valence-electron chi connectivity index (χ2n) is 3.44. The molecule has 0 heterocycles. The molecule has 0 aliphatic rings. The summed E-state index contributed by atoms with van der Waals surface area (Å²) < 4.78 is 0. The number of nitrogens with zero attached hydrogens (tertiary/aromatic N) is 1. The molecule has 1 aromatic carbocycles. The number of hydrazone groups is 1. The second-order valence-corrected chi connectivity index (χ2v) is 3.44. The summed E-state index contributed by atoms with van der Waals surface area (Å²) >= 11 is 0. The number of aromatic hydroxyl groups is 1. The molecule has 1 aromatic rings. The Morgan fingerprint density at radius 3 is 2.75 bits per heavy atom. The van der Waals surface area contributed by atoms with Crippen molar-refractivity contribution in [2.75, 3.05) is 0 Å². The molecule has 86 valence electrons. The minimum atomic E-state index is -0.271. The molecule has 0 unspecified atom stereocenters. The lowest BCUT2D eigenvalue weighted by Crippen LogP contribution is -2.17. The van der Waals surface area contributed by atoms with Gasteiger partial charge >= 0.3 is 0 Å². The van der Waals surface area contributed by atoms with Gasteiger partial charge in [0.05, 0.1) is 0 Å². The van der Waals surface area contributed by atoms with E-state index < -0.39 is 0 Å². The highest BCUT2D eigenvalue weighted by Crippen LogP contribution is 2.09. The number of nitrogens with one attached hydrogen (secondary N) is 1. The van der Waals surface area contributed by atoms with Gasteiger partial charge in [0.2, 0.25) is 0 Å². The first-order valence-corrected chi connectivity index (χ1v) is 5.35. The first kappa shape index (κ1) is 12.2. The van der Waals surface area contributed by atoms with Gasteiger partial charge in [0.15, 0.2) is 0 Å². The van der Waals surface area contributed by atoms with Crippen LogP contribution in [0.2, 0.25) is 0 Å². The third-order valence-electron chi connectivity index (χ3n) is 2.07. The van der Waals surface area contributed by atoms with Crippen molar-refractivity contribution in [3.63, 3.8) is 0 Å². The van der Waals surface area contributed by atoms with Crippen LogP contribution in [0.25, 0.3) is 0 Å². The summed E-state index contributed by atoms with van der Waals surface area (Å²) in [4.78, 5) is 11.5. The summed E-state index contributed by atoms with van der Waals surface area (Å²) in [6, 6.07) is 6.03. The fourth-order valence-corrected chi connectivity index (χ4v) is 1.14. The number of amides is 1. The summed E-state index contributed by atoms with van der Waals surface area (Å²) in [6.07, 6.45) is 4.74. The van der Waals surface area contributed by atoms with Crippen LogP contribution in [0.4, 0.5) is 0 Å². The van der Waals surface area contributed by atoms with E-state index in [1.54, 1.807) is 18.3 Å². The fraction of sp³-hybridized carbons (Fsp3) is 0.333. The highest BCUT2D eigenvalue weighted by Gasteiger charge is 2.02. The Morgan fingerprint density at radius 1 is 1.44 bits per heavy atom. The molecule has 0 aromatic heterocycles. The van der Waals surface area contributed by atoms with Crippen LogP contribution in [0.1, 0.15) is 36.5 Å². The molecule has 4 heteroatoms. The lowest BCUT2D eigenvalue weighted by atomic mass is 10.2. The summed E-state index contributed by atoms with van der Waals surface area (Å²) in [5.74, 6) is -0.129. The number of hydrogen-bond acceptors (Lipinski definition) is 3. The van der Waals surface area contributed by atoms with Gasteiger partial charge in [0.25, 0.3) is 5.91 Å². The average molecular weight is 220 g/mol. The molecule has 0 spiro atoms. The molecule has 0 bridgehead atoms. The minimum Gasteiger partial charge on any atom is -0.508 e. The number of hydrogen-bond donors (Lipinski definition) is 2. The van der Waals surface area contributed by atoms with Crippen molar-refractivity contribution in [1.82, 2.24) is 5.43 Å². The standard InChI is InChI=1S/C12H16N2O2/c1-2-3-4-9-13-14-12(16)10-5-7-11(15)8-6-10/h5-9,15H,2-4H2,1H3,(H,14,16). The van der Waals surface area contributed by atoms with Crippen LogP contribution in [0.3, 0.4) is 0 Å². The van der Waals surface area contributed by atoms with Crippen molar-refractivity contribution in [1.29, 1.82) is 0 Å². The van der Waals surface area contributed by atoms with Gasteiger partial charge in [-0.15, -0.1) is 0 Å². The number of phenols is 1. The lowest BCUT2D eigenvalue weighted by molar-refractivity contribution is 0.0955. The van der Waals surface area contributed by atoms with Crippen LogP contribution in [0.5, 0.6) is 5.75 Å². The molecular weight excluding hydrogens is 204 g/mol. The van der Waals surface area contributed by atoms with E-state index in [4.69, 9.17) is 5.11 Å². The van der Waals surface area contributed by atoms with Crippen LogP contribution in [-0.4, -0.2) is 17.2 Å². The van der Waals surface area contributed by atoms with Gasteiger partial charge in [-0.25, -0.2) is 5.43 Å². The summed E-state index contributed by atoms with van der Waals surface area (Å²) in [6.45, 7) is 2.10. The van der Waals surface area contributed by atoms with E-state index in [9.17, 15) is 4.79 Å². The van der Waals surface area contributed by atoms with Crippen LogP contribution in [-0.2, 0) is 0 Å². The molecule has 1 rings (SSSR count). The van der Waals surface area contributed by atoms with E-state index in [1.165, 1.54) is 12.1 Å². The van der Waals surface area contributed by atoms with Gasteiger partial charge in [0.1, 0.15) is 5.75 Å². The van der Waals surface area contributed by atoms with Crippen LogP contribution in [0.15, 0.2) is 29.4 Å². The Morgan fingerprint density at radius 2 is 2.12 bits per heavy atom. The minimum absolute atomic E-state index is 0.142. The summed E-state index contributed by atoms with van der Waals surface area (Å²) in [5.41, 5.74) is 2.90. The number of carbonyl (C=O) groups is 1. The highest BCUT2D eigenvalue weighted by atomic mass is 16.3. The molecule has 0 radical (unpaired) electrons. The average Bonchev–Trinajstić information content (AvgIpc) is 2.29.